The van der Waals surface area contributed by atoms with Crippen molar-refractivity contribution >= 4 is 16.5 Å². The highest BCUT2D eigenvalue weighted by Crippen LogP contribution is 2.28. The fourth-order valence-electron chi connectivity index (χ4n) is 2.43. The van der Waals surface area contributed by atoms with Crippen molar-refractivity contribution in [2.45, 2.75) is 6.54 Å². The summed E-state index contributed by atoms with van der Waals surface area (Å²) in [5, 5.41) is 3.19. The Bertz CT molecular complexity index is 740. The molecule has 0 aliphatic carbocycles. The van der Waals surface area contributed by atoms with Gasteiger partial charge in [-0.25, -0.2) is 4.98 Å². The molecule has 0 fully saturated rings. The SMILES string of the molecule is CN(C)CCN(Cc1cccnc1)c1nc(-c2ccccc2)cs1. The lowest BCUT2D eigenvalue weighted by Crippen LogP contribution is -2.31. The van der Waals surface area contributed by atoms with E-state index in [4.69, 9.17) is 4.98 Å². The molecule has 0 radical (unpaired) electrons. The molecule has 0 aliphatic rings. The average molecular weight is 338 g/mol. The second-order valence-electron chi connectivity index (χ2n) is 5.97. The molecular weight excluding hydrogens is 316 g/mol. The third-order valence-electron chi connectivity index (χ3n) is 3.75. The van der Waals surface area contributed by atoms with E-state index in [9.17, 15) is 0 Å². The highest BCUT2D eigenvalue weighted by Gasteiger charge is 2.13. The molecule has 3 rings (SSSR count). The molecule has 0 unspecified atom stereocenters. The molecule has 124 valence electrons. The summed E-state index contributed by atoms with van der Waals surface area (Å²) in [6.45, 7) is 2.74. The van der Waals surface area contributed by atoms with Crippen LogP contribution < -0.4 is 4.90 Å². The molecule has 0 N–H and O–H groups in total. The summed E-state index contributed by atoms with van der Waals surface area (Å²) in [4.78, 5) is 13.6. The predicted octanol–water partition coefficient (Wildman–Crippen LogP) is 3.77. The van der Waals surface area contributed by atoms with Crippen LogP contribution in [0.15, 0.2) is 60.2 Å². The van der Waals surface area contributed by atoms with Crippen molar-refractivity contribution in [2.24, 2.45) is 0 Å². The van der Waals surface area contributed by atoms with E-state index in [0.717, 1.165) is 36.0 Å². The summed E-state index contributed by atoms with van der Waals surface area (Å²) < 4.78 is 0. The van der Waals surface area contributed by atoms with E-state index < -0.39 is 0 Å². The Hall–Kier alpha value is -2.24. The molecule has 0 amide bonds. The van der Waals surface area contributed by atoms with Crippen LogP contribution in [0.3, 0.4) is 0 Å². The van der Waals surface area contributed by atoms with E-state index in [1.807, 2.05) is 36.7 Å². The van der Waals surface area contributed by atoms with Gasteiger partial charge in [0.05, 0.1) is 5.69 Å². The van der Waals surface area contributed by atoms with Gasteiger partial charge in [-0.05, 0) is 25.7 Å². The Morgan fingerprint density at radius 3 is 2.54 bits per heavy atom. The van der Waals surface area contributed by atoms with Crippen molar-refractivity contribution in [1.29, 1.82) is 0 Å². The van der Waals surface area contributed by atoms with Gasteiger partial charge < -0.3 is 9.80 Å². The minimum atomic E-state index is 0.823. The summed E-state index contributed by atoms with van der Waals surface area (Å²) in [7, 11) is 4.19. The zero-order chi connectivity index (χ0) is 16.8. The normalized spacial score (nSPS) is 11.0. The highest BCUT2D eigenvalue weighted by atomic mass is 32.1. The maximum atomic E-state index is 4.86. The number of nitrogens with zero attached hydrogens (tertiary/aromatic N) is 4. The Morgan fingerprint density at radius 2 is 1.83 bits per heavy atom. The van der Waals surface area contributed by atoms with Gasteiger partial charge in [0.2, 0.25) is 0 Å². The first-order valence-electron chi connectivity index (χ1n) is 8.02. The van der Waals surface area contributed by atoms with Gasteiger partial charge in [-0.1, -0.05) is 36.4 Å². The molecule has 2 heterocycles. The second-order valence-corrected chi connectivity index (χ2v) is 6.80. The number of anilines is 1. The molecule has 5 heteroatoms. The first-order valence-corrected chi connectivity index (χ1v) is 8.90. The predicted molar refractivity (Wildman–Crippen MR) is 101 cm³/mol. The molecular formula is C19H22N4S. The molecule has 24 heavy (non-hydrogen) atoms. The van der Waals surface area contributed by atoms with Gasteiger partial charge in [0, 0.05) is 43.0 Å². The standard InChI is InChI=1S/C19H22N4S/c1-22(2)11-12-23(14-16-7-6-10-20-13-16)19-21-18(15-24-19)17-8-4-3-5-9-17/h3-10,13,15H,11-12,14H2,1-2H3. The number of thiazole rings is 1. The van der Waals surface area contributed by atoms with Crippen LogP contribution in [0.4, 0.5) is 5.13 Å². The van der Waals surface area contributed by atoms with Crippen molar-refractivity contribution in [3.63, 3.8) is 0 Å². The zero-order valence-electron chi connectivity index (χ0n) is 14.1. The van der Waals surface area contributed by atoms with Crippen molar-refractivity contribution in [3.05, 3.63) is 65.8 Å². The van der Waals surface area contributed by atoms with Gasteiger partial charge in [-0.3, -0.25) is 4.98 Å². The Kier molecular flexibility index (Phi) is 5.56. The lowest BCUT2D eigenvalue weighted by Gasteiger charge is -2.23. The lowest BCUT2D eigenvalue weighted by molar-refractivity contribution is 0.412. The monoisotopic (exact) mass is 338 g/mol. The zero-order valence-corrected chi connectivity index (χ0v) is 14.9. The van der Waals surface area contributed by atoms with E-state index in [-0.39, 0.29) is 0 Å². The number of hydrogen-bond donors (Lipinski definition) is 0. The van der Waals surface area contributed by atoms with Crippen LogP contribution in [0.2, 0.25) is 0 Å². The smallest absolute Gasteiger partial charge is 0.186 e. The molecule has 0 aliphatic heterocycles. The Labute approximate surface area is 147 Å². The molecule has 0 spiro atoms. The summed E-state index contributed by atoms with van der Waals surface area (Å²) >= 11 is 1.70. The van der Waals surface area contributed by atoms with Crippen LogP contribution >= 0.6 is 11.3 Å². The van der Waals surface area contributed by atoms with Crippen LogP contribution in [-0.4, -0.2) is 42.1 Å². The number of aromatic nitrogens is 2. The fourth-order valence-corrected chi connectivity index (χ4v) is 3.29. The Morgan fingerprint density at radius 1 is 1.00 bits per heavy atom. The number of rotatable bonds is 7. The van der Waals surface area contributed by atoms with Gasteiger partial charge in [-0.15, -0.1) is 11.3 Å². The molecule has 3 aromatic rings. The van der Waals surface area contributed by atoms with Crippen LogP contribution in [-0.2, 0) is 6.54 Å². The first-order chi connectivity index (χ1) is 11.7. The minimum absolute atomic E-state index is 0.823. The van der Waals surface area contributed by atoms with E-state index in [1.165, 1.54) is 5.56 Å². The Balaban J connectivity index is 1.81. The number of likely N-dealkylation sites (N-methyl/N-ethyl adjacent to an activating group) is 1. The average Bonchev–Trinajstić information content (AvgIpc) is 3.10. The highest BCUT2D eigenvalue weighted by molar-refractivity contribution is 7.14. The van der Waals surface area contributed by atoms with Crippen LogP contribution in [0, 0.1) is 0 Å². The molecule has 1 aromatic carbocycles. The van der Waals surface area contributed by atoms with Gasteiger partial charge in [-0.2, -0.15) is 0 Å². The lowest BCUT2D eigenvalue weighted by atomic mass is 10.2. The molecule has 0 saturated carbocycles. The van der Waals surface area contributed by atoms with Crippen LogP contribution in [0.5, 0.6) is 0 Å². The minimum Gasteiger partial charge on any atom is -0.342 e. The maximum Gasteiger partial charge on any atom is 0.186 e. The van der Waals surface area contributed by atoms with Crippen LogP contribution in [0.1, 0.15) is 5.56 Å². The van der Waals surface area contributed by atoms with Crippen molar-refractivity contribution in [2.75, 3.05) is 32.1 Å². The van der Waals surface area contributed by atoms with Crippen molar-refractivity contribution in [1.82, 2.24) is 14.9 Å². The second kappa shape index (κ2) is 8.04. The molecule has 0 bridgehead atoms. The van der Waals surface area contributed by atoms with Gasteiger partial charge >= 0.3 is 0 Å². The van der Waals surface area contributed by atoms with E-state index in [1.54, 1.807) is 11.3 Å². The topological polar surface area (TPSA) is 32.3 Å². The molecule has 0 saturated heterocycles. The first kappa shape index (κ1) is 16.6. The van der Waals surface area contributed by atoms with E-state index >= 15 is 0 Å². The largest absolute Gasteiger partial charge is 0.342 e. The quantitative estimate of drug-likeness (QED) is 0.656. The third kappa shape index (κ3) is 4.40. The van der Waals surface area contributed by atoms with Gasteiger partial charge in [0.1, 0.15) is 0 Å². The maximum absolute atomic E-state index is 4.86. The van der Waals surface area contributed by atoms with Gasteiger partial charge in [0.15, 0.2) is 5.13 Å². The number of pyridine rings is 1. The van der Waals surface area contributed by atoms with Crippen molar-refractivity contribution < 1.29 is 0 Å². The van der Waals surface area contributed by atoms with Crippen molar-refractivity contribution in [3.8, 4) is 11.3 Å². The number of benzene rings is 1. The third-order valence-corrected chi connectivity index (χ3v) is 4.65. The summed E-state index contributed by atoms with van der Waals surface area (Å²) in [5.41, 5.74) is 3.40. The number of hydrogen-bond acceptors (Lipinski definition) is 5. The van der Waals surface area contributed by atoms with E-state index in [2.05, 4.69) is 52.5 Å². The summed E-state index contributed by atoms with van der Waals surface area (Å²) in [6.07, 6.45) is 3.74. The molecule has 4 nitrogen and oxygen atoms in total. The summed E-state index contributed by atoms with van der Waals surface area (Å²) in [5.74, 6) is 0. The fraction of sp³-hybridized carbons (Fsp3) is 0.263. The van der Waals surface area contributed by atoms with Gasteiger partial charge in [0.25, 0.3) is 0 Å². The van der Waals surface area contributed by atoms with E-state index in [0.29, 0.717) is 0 Å². The summed E-state index contributed by atoms with van der Waals surface area (Å²) in [6, 6.07) is 14.4. The molecule has 0 atom stereocenters. The molecule has 2 aromatic heterocycles. The van der Waals surface area contributed by atoms with Crippen LogP contribution in [0.25, 0.3) is 11.3 Å².